The molecule has 0 radical (unpaired) electrons. The van der Waals surface area contributed by atoms with Gasteiger partial charge < -0.3 is 4.57 Å². The number of aromatic nitrogens is 1. The van der Waals surface area contributed by atoms with Gasteiger partial charge in [0.15, 0.2) is 0 Å². The first-order valence-corrected chi connectivity index (χ1v) is 9.09. The minimum atomic E-state index is -3.51. The lowest BCUT2D eigenvalue weighted by molar-refractivity contribution is 0.475. The molecule has 5 nitrogen and oxygen atoms in total. The molecule has 0 amide bonds. The zero-order valence-electron chi connectivity index (χ0n) is 11.3. The standard InChI is InChI=1S/C13H16Cl2N2O3S/c14-13(15)7-10(13)8-16-9-11(3-4-12(16)18)21(19,20)17-5-1-2-6-17/h3-4,9-10H,1-2,5-8H2. The number of sulfonamides is 1. The van der Waals surface area contributed by atoms with Crippen LogP contribution in [0.4, 0.5) is 0 Å². The minimum absolute atomic E-state index is 0.0109. The number of hydrogen-bond acceptors (Lipinski definition) is 3. The Kier molecular flexibility index (Phi) is 3.84. The van der Waals surface area contributed by atoms with Crippen molar-refractivity contribution >= 4 is 33.2 Å². The fourth-order valence-corrected chi connectivity index (χ4v) is 4.64. The lowest BCUT2D eigenvalue weighted by Crippen LogP contribution is -2.30. The average Bonchev–Trinajstić information content (AvgIpc) is 2.85. The normalized spacial score (nSPS) is 25.1. The van der Waals surface area contributed by atoms with Crippen LogP contribution in [-0.4, -0.2) is 34.7 Å². The summed E-state index contributed by atoms with van der Waals surface area (Å²) in [7, 11) is -3.51. The third-order valence-corrected chi connectivity index (χ3v) is 6.84. The first-order chi connectivity index (χ1) is 9.80. The molecule has 1 aromatic rings. The van der Waals surface area contributed by atoms with Crippen LogP contribution in [0.3, 0.4) is 0 Å². The molecule has 1 aliphatic carbocycles. The summed E-state index contributed by atoms with van der Waals surface area (Å²) in [4.78, 5) is 12.0. The van der Waals surface area contributed by atoms with E-state index in [1.54, 1.807) is 0 Å². The molecule has 0 bridgehead atoms. The number of pyridine rings is 1. The summed E-state index contributed by atoms with van der Waals surface area (Å²) in [5, 5.41) is 0. The molecule has 0 spiro atoms. The first-order valence-electron chi connectivity index (χ1n) is 6.89. The van der Waals surface area contributed by atoms with Crippen molar-refractivity contribution in [3.63, 3.8) is 0 Å². The van der Waals surface area contributed by atoms with Crippen LogP contribution in [0.15, 0.2) is 28.0 Å². The number of halogens is 2. The van der Waals surface area contributed by atoms with Crippen LogP contribution in [-0.2, 0) is 16.6 Å². The summed E-state index contributed by atoms with van der Waals surface area (Å²) in [6.45, 7) is 1.42. The Morgan fingerprint density at radius 3 is 2.43 bits per heavy atom. The third kappa shape index (κ3) is 2.99. The highest BCUT2D eigenvalue weighted by atomic mass is 35.5. The predicted octanol–water partition coefficient (Wildman–Crippen LogP) is 1.83. The maximum Gasteiger partial charge on any atom is 0.250 e. The second-order valence-corrected chi connectivity index (χ2v) is 9.11. The van der Waals surface area contributed by atoms with E-state index < -0.39 is 14.4 Å². The van der Waals surface area contributed by atoms with Gasteiger partial charge in [-0.15, -0.1) is 23.2 Å². The van der Waals surface area contributed by atoms with Crippen LogP contribution < -0.4 is 5.56 Å². The Morgan fingerprint density at radius 2 is 1.86 bits per heavy atom. The molecule has 1 saturated heterocycles. The fourth-order valence-electron chi connectivity index (χ4n) is 2.59. The molecule has 1 saturated carbocycles. The van der Waals surface area contributed by atoms with E-state index in [0.717, 1.165) is 12.8 Å². The van der Waals surface area contributed by atoms with E-state index in [9.17, 15) is 13.2 Å². The second kappa shape index (κ2) is 5.26. The minimum Gasteiger partial charge on any atom is -0.314 e. The van der Waals surface area contributed by atoms with Crippen molar-refractivity contribution < 1.29 is 8.42 Å². The molecule has 0 N–H and O–H groups in total. The van der Waals surface area contributed by atoms with Gasteiger partial charge in [-0.05, 0) is 25.3 Å². The van der Waals surface area contributed by atoms with Crippen LogP contribution in [0.25, 0.3) is 0 Å². The van der Waals surface area contributed by atoms with Crippen molar-refractivity contribution in [2.75, 3.05) is 13.1 Å². The van der Waals surface area contributed by atoms with Gasteiger partial charge in [0.05, 0.1) is 4.90 Å². The summed E-state index contributed by atoms with van der Waals surface area (Å²) in [6.07, 6.45) is 3.77. The van der Waals surface area contributed by atoms with E-state index >= 15 is 0 Å². The zero-order chi connectivity index (χ0) is 15.3. The molecule has 21 heavy (non-hydrogen) atoms. The summed E-state index contributed by atoms with van der Waals surface area (Å²) in [6, 6.07) is 2.66. The number of rotatable bonds is 4. The summed E-state index contributed by atoms with van der Waals surface area (Å²) in [5.74, 6) is -0.0109. The number of hydrogen-bond donors (Lipinski definition) is 0. The molecule has 0 aromatic carbocycles. The summed E-state index contributed by atoms with van der Waals surface area (Å²) < 4.78 is 27.0. The molecule has 2 aliphatic rings. The molecular weight excluding hydrogens is 335 g/mol. The van der Waals surface area contributed by atoms with Crippen LogP contribution in [0, 0.1) is 5.92 Å². The van der Waals surface area contributed by atoms with Crippen molar-refractivity contribution in [2.45, 2.75) is 35.0 Å². The Hall–Kier alpha value is -0.560. The SMILES string of the molecule is O=c1ccc(S(=O)(=O)N2CCCC2)cn1CC1CC1(Cl)Cl. The molecule has 2 fully saturated rings. The molecule has 3 rings (SSSR count). The van der Waals surface area contributed by atoms with Crippen molar-refractivity contribution in [1.82, 2.24) is 8.87 Å². The Labute approximate surface area is 133 Å². The third-order valence-electron chi connectivity index (χ3n) is 4.03. The van der Waals surface area contributed by atoms with Crippen LogP contribution in [0.2, 0.25) is 0 Å². The monoisotopic (exact) mass is 350 g/mol. The van der Waals surface area contributed by atoms with E-state index in [4.69, 9.17) is 23.2 Å². The second-order valence-electron chi connectivity index (χ2n) is 5.63. The van der Waals surface area contributed by atoms with Crippen molar-refractivity contribution in [3.05, 3.63) is 28.7 Å². The van der Waals surface area contributed by atoms with E-state index in [-0.39, 0.29) is 16.4 Å². The molecule has 1 atom stereocenters. The van der Waals surface area contributed by atoms with Crippen LogP contribution in [0.5, 0.6) is 0 Å². The van der Waals surface area contributed by atoms with Crippen LogP contribution in [0.1, 0.15) is 19.3 Å². The molecule has 116 valence electrons. The number of nitrogens with zero attached hydrogens (tertiary/aromatic N) is 2. The van der Waals surface area contributed by atoms with Gasteiger partial charge >= 0.3 is 0 Å². The topological polar surface area (TPSA) is 59.4 Å². The smallest absolute Gasteiger partial charge is 0.250 e. The van der Waals surface area contributed by atoms with E-state index in [2.05, 4.69) is 0 Å². The lowest BCUT2D eigenvalue weighted by Gasteiger charge is -2.16. The van der Waals surface area contributed by atoms with Gasteiger partial charge in [0.2, 0.25) is 10.0 Å². The molecule has 1 aromatic heterocycles. The highest BCUT2D eigenvalue weighted by molar-refractivity contribution is 7.89. The van der Waals surface area contributed by atoms with Gasteiger partial charge in [0.1, 0.15) is 4.33 Å². The zero-order valence-corrected chi connectivity index (χ0v) is 13.7. The molecule has 1 aliphatic heterocycles. The van der Waals surface area contributed by atoms with Crippen molar-refractivity contribution in [2.24, 2.45) is 5.92 Å². The van der Waals surface area contributed by atoms with Gasteiger partial charge in [-0.1, -0.05) is 0 Å². The highest BCUT2D eigenvalue weighted by Crippen LogP contribution is 2.53. The highest BCUT2D eigenvalue weighted by Gasteiger charge is 2.51. The Balaban J connectivity index is 1.88. The predicted molar refractivity (Wildman–Crippen MR) is 81.2 cm³/mol. The molecule has 2 heterocycles. The van der Waals surface area contributed by atoms with Gasteiger partial charge in [-0.3, -0.25) is 4.79 Å². The average molecular weight is 351 g/mol. The van der Waals surface area contributed by atoms with Crippen LogP contribution >= 0.6 is 23.2 Å². The number of alkyl halides is 2. The van der Waals surface area contributed by atoms with Gasteiger partial charge in [0, 0.05) is 37.8 Å². The van der Waals surface area contributed by atoms with E-state index in [0.29, 0.717) is 26.1 Å². The summed E-state index contributed by atoms with van der Waals surface area (Å²) >= 11 is 11.9. The maximum absolute atomic E-state index is 12.5. The maximum atomic E-state index is 12.5. The Bertz CT molecular complexity index is 708. The first kappa shape index (κ1) is 15.3. The van der Waals surface area contributed by atoms with E-state index in [1.807, 2.05) is 0 Å². The summed E-state index contributed by atoms with van der Waals surface area (Å²) in [5.41, 5.74) is -0.244. The van der Waals surface area contributed by atoms with Gasteiger partial charge in [0.25, 0.3) is 5.56 Å². The van der Waals surface area contributed by atoms with Gasteiger partial charge in [-0.25, -0.2) is 8.42 Å². The van der Waals surface area contributed by atoms with Crippen molar-refractivity contribution in [3.8, 4) is 0 Å². The van der Waals surface area contributed by atoms with Crippen molar-refractivity contribution in [1.29, 1.82) is 0 Å². The lowest BCUT2D eigenvalue weighted by atomic mass is 10.4. The van der Waals surface area contributed by atoms with Gasteiger partial charge in [-0.2, -0.15) is 4.31 Å². The largest absolute Gasteiger partial charge is 0.314 e. The molecule has 1 unspecified atom stereocenters. The Morgan fingerprint density at radius 1 is 1.24 bits per heavy atom. The van der Waals surface area contributed by atoms with E-state index in [1.165, 1.54) is 27.2 Å². The molecule has 8 heteroatoms. The fraction of sp³-hybridized carbons (Fsp3) is 0.615. The molecular formula is C13H16Cl2N2O3S. The quantitative estimate of drug-likeness (QED) is 0.778.